The van der Waals surface area contributed by atoms with Gasteiger partial charge in [0.05, 0.1) is 48.7 Å². The van der Waals surface area contributed by atoms with E-state index in [0.29, 0.717) is 135 Å². The first-order chi connectivity index (χ1) is 31.7. The van der Waals surface area contributed by atoms with Gasteiger partial charge in [-0.25, -0.2) is 33.5 Å². The highest BCUT2D eigenvalue weighted by Gasteiger charge is 2.37. The highest BCUT2D eigenvalue weighted by Crippen LogP contribution is 2.34. The van der Waals surface area contributed by atoms with E-state index in [2.05, 4.69) is 19.9 Å². The number of hydrogen-bond donors (Lipinski definition) is 1. The number of carbonyl (C=O) groups excluding carboxylic acids is 4. The minimum atomic E-state index is -1.22. The molecule has 17 nitrogen and oxygen atoms in total. The number of nitrogens with two attached hydrogens (primary N) is 1. The van der Waals surface area contributed by atoms with Crippen LogP contribution in [-0.4, -0.2) is 131 Å². The van der Waals surface area contributed by atoms with Crippen molar-refractivity contribution < 1.29 is 46.9 Å². The number of fused-ring (bicyclic) bond motifs is 3. The topological polar surface area (TPSA) is 196 Å². The van der Waals surface area contributed by atoms with Gasteiger partial charge in [-0.3, -0.25) is 19.3 Å². The fourth-order valence-electron chi connectivity index (χ4n) is 8.93. The minimum Gasteiger partial charge on any atom is -0.489 e. The molecule has 0 bridgehead atoms. The van der Waals surface area contributed by atoms with Crippen LogP contribution in [0, 0.1) is 11.6 Å². The van der Waals surface area contributed by atoms with Crippen LogP contribution in [0.2, 0.25) is 0 Å². The van der Waals surface area contributed by atoms with Gasteiger partial charge < -0.3 is 39.4 Å². The van der Waals surface area contributed by atoms with E-state index < -0.39 is 53.0 Å². The second kappa shape index (κ2) is 18.4. The van der Waals surface area contributed by atoms with Crippen LogP contribution in [0.1, 0.15) is 77.6 Å². The fourth-order valence-corrected chi connectivity index (χ4v) is 8.93. The van der Waals surface area contributed by atoms with Gasteiger partial charge in [-0.05, 0) is 48.7 Å². The Balaban J connectivity index is 0.800. The Morgan fingerprint density at radius 3 is 2.29 bits per heavy atom. The first kappa shape index (κ1) is 44.7. The smallest absolute Gasteiger partial charge is 0.348 e. The van der Waals surface area contributed by atoms with Crippen molar-refractivity contribution in [1.29, 1.82) is 0 Å². The van der Waals surface area contributed by atoms with Crippen LogP contribution < -0.4 is 20.3 Å². The summed E-state index contributed by atoms with van der Waals surface area (Å²) in [5.74, 6) is -3.31. The summed E-state index contributed by atoms with van der Waals surface area (Å²) < 4.78 is 53.2. The number of ether oxygens (including phenoxy) is 4. The Morgan fingerprint density at radius 2 is 1.58 bits per heavy atom. The third kappa shape index (κ3) is 9.45. The molecule has 66 heavy (non-hydrogen) atoms. The number of likely N-dealkylation sites (tertiary alicyclic amines) is 1. The van der Waals surface area contributed by atoms with Crippen molar-refractivity contribution >= 4 is 57.5 Å². The molecule has 3 aromatic carbocycles. The molecule has 6 heterocycles. The van der Waals surface area contributed by atoms with Gasteiger partial charge in [0.15, 0.2) is 0 Å². The lowest BCUT2D eigenvalue weighted by molar-refractivity contribution is -0.138. The molecule has 3 saturated heterocycles. The number of rotatable bonds is 12. The molecule has 19 heteroatoms. The number of nitrogens with zero attached hydrogens (tertiary/aromatic N) is 8. The molecule has 0 saturated carbocycles. The van der Waals surface area contributed by atoms with Crippen molar-refractivity contribution in [1.82, 2.24) is 29.7 Å². The van der Waals surface area contributed by atoms with Gasteiger partial charge in [0.25, 0.3) is 5.91 Å². The Labute approximate surface area is 379 Å². The molecule has 2 amide bonds. The summed E-state index contributed by atoms with van der Waals surface area (Å²) in [6.07, 6.45) is 1.52. The maximum absolute atomic E-state index is 15.5. The van der Waals surface area contributed by atoms with E-state index in [1.807, 2.05) is 30.6 Å². The summed E-state index contributed by atoms with van der Waals surface area (Å²) in [6, 6.07) is 9.52. The van der Waals surface area contributed by atoms with Crippen LogP contribution >= 0.6 is 0 Å². The highest BCUT2D eigenvalue weighted by atomic mass is 19.1. The number of carbonyl (C=O) groups is 4. The van der Waals surface area contributed by atoms with Gasteiger partial charge in [-0.15, -0.1) is 0 Å². The molecule has 3 fully saturated rings. The largest absolute Gasteiger partial charge is 0.489 e. The van der Waals surface area contributed by atoms with Crippen molar-refractivity contribution in [3.8, 4) is 5.75 Å². The lowest BCUT2D eigenvalue weighted by Gasteiger charge is -2.29. The zero-order valence-electron chi connectivity index (χ0n) is 37.1. The van der Waals surface area contributed by atoms with E-state index in [1.165, 1.54) is 17.0 Å². The van der Waals surface area contributed by atoms with Gasteiger partial charge in [0.1, 0.15) is 29.5 Å². The maximum atomic E-state index is 15.5. The summed E-state index contributed by atoms with van der Waals surface area (Å²) in [4.78, 5) is 78.5. The first-order valence-corrected chi connectivity index (χ1v) is 22.2. The van der Waals surface area contributed by atoms with Crippen molar-refractivity contribution in [2.75, 3.05) is 75.5 Å². The lowest BCUT2D eigenvalue weighted by atomic mass is 9.88. The quantitative estimate of drug-likeness (QED) is 0.136. The van der Waals surface area contributed by atoms with E-state index in [4.69, 9.17) is 29.7 Å². The van der Waals surface area contributed by atoms with E-state index in [1.54, 1.807) is 30.5 Å². The van der Waals surface area contributed by atoms with Crippen molar-refractivity contribution in [3.05, 3.63) is 88.2 Å². The maximum Gasteiger partial charge on any atom is 0.348 e. The number of morpholine rings is 2. The monoisotopic (exact) mass is 907 g/mol. The summed E-state index contributed by atoms with van der Waals surface area (Å²) in [7, 11) is 0. The number of anilines is 2. The molecule has 2 N–H and O–H groups in total. The SMILES string of the molecule is CC(C)(C)c1nc(N2CCOCC2)nc2cc(F)c(C(=O)OC(=O)CC[C@@H](C(N)=O)N3Cc4cc(O[C@H]5CCN(Cc6cc7cnc(N8CCOCC8)nc7cc6F)C5)ccc4C3=O)cc12. The average Bonchev–Trinajstić information content (AvgIpc) is 3.88. The van der Waals surface area contributed by atoms with E-state index in [0.717, 1.165) is 11.5 Å². The van der Waals surface area contributed by atoms with Crippen molar-refractivity contribution in [3.63, 3.8) is 0 Å². The van der Waals surface area contributed by atoms with Gasteiger partial charge in [0, 0.05) is 104 Å². The molecule has 5 aromatic rings. The number of hydrogen-bond acceptors (Lipinski definition) is 15. The Hall–Kier alpha value is -6.44. The fraction of sp³-hybridized carbons (Fsp3) is 0.447. The molecule has 0 spiro atoms. The molecule has 346 valence electrons. The molecule has 2 aromatic heterocycles. The minimum absolute atomic E-state index is 0.0242. The summed E-state index contributed by atoms with van der Waals surface area (Å²) in [5.41, 5.74) is 7.69. The molecule has 2 atom stereocenters. The second-order valence-corrected chi connectivity index (χ2v) is 18.1. The zero-order chi connectivity index (χ0) is 46.3. The van der Waals surface area contributed by atoms with Crippen LogP contribution in [0.25, 0.3) is 21.8 Å². The van der Waals surface area contributed by atoms with Crippen molar-refractivity contribution in [2.45, 2.75) is 70.7 Å². The molecule has 0 radical (unpaired) electrons. The highest BCUT2D eigenvalue weighted by molar-refractivity contribution is 6.02. The molecule has 0 unspecified atom stereocenters. The van der Waals surface area contributed by atoms with Gasteiger partial charge in [-0.1, -0.05) is 20.8 Å². The molecule has 9 rings (SSSR count). The molecular weight excluding hydrogens is 857 g/mol. The Bertz CT molecular complexity index is 2720. The van der Waals surface area contributed by atoms with Gasteiger partial charge in [-0.2, -0.15) is 0 Å². The van der Waals surface area contributed by atoms with Crippen LogP contribution in [0.5, 0.6) is 5.75 Å². The molecule has 4 aliphatic rings. The molecular formula is C47H51F2N9O8. The van der Waals surface area contributed by atoms with E-state index >= 15 is 8.78 Å². The number of halogens is 2. The van der Waals surface area contributed by atoms with Gasteiger partial charge >= 0.3 is 11.9 Å². The third-order valence-electron chi connectivity index (χ3n) is 12.4. The number of benzene rings is 3. The number of esters is 2. The number of aromatic nitrogens is 4. The van der Waals surface area contributed by atoms with Crippen molar-refractivity contribution in [2.24, 2.45) is 5.73 Å². The summed E-state index contributed by atoms with van der Waals surface area (Å²) >= 11 is 0. The summed E-state index contributed by atoms with van der Waals surface area (Å²) in [5, 5.41) is 1.19. The lowest BCUT2D eigenvalue weighted by Crippen LogP contribution is -2.45. The molecule has 4 aliphatic heterocycles. The standard InChI is InChI=1S/C47H51F2N9O8/c1-47(2,3)41-34-20-33(36(49)22-38(34)53-46(54-41)57-12-16-64-17-13-57)44(62)66-40(59)7-6-39(42(50)60)58-25-28-19-30(4-5-32(28)43(58)61)65-31-8-9-55(26-31)24-29-18-27-23-51-45(52-37(27)21-35(29)48)56-10-14-63-15-11-56/h4-5,18-23,31,39H,6-17,24-26H2,1-3H3,(H2,50,60)/t31-,39-/m0/s1. The second-order valence-electron chi connectivity index (χ2n) is 18.1. The predicted octanol–water partition coefficient (Wildman–Crippen LogP) is 4.45. The van der Waals surface area contributed by atoms with Crippen LogP contribution in [0.15, 0.2) is 48.7 Å². The van der Waals surface area contributed by atoms with Gasteiger partial charge in [0.2, 0.25) is 17.8 Å². The van der Waals surface area contributed by atoms with E-state index in [-0.39, 0.29) is 24.9 Å². The van der Waals surface area contributed by atoms with Crippen LogP contribution in [0.3, 0.4) is 0 Å². The van der Waals surface area contributed by atoms with Crippen LogP contribution in [0.4, 0.5) is 20.7 Å². The number of amides is 2. The third-order valence-corrected chi connectivity index (χ3v) is 12.4. The van der Waals surface area contributed by atoms with Crippen LogP contribution in [-0.2, 0) is 42.3 Å². The number of primary amides is 1. The summed E-state index contributed by atoms with van der Waals surface area (Å²) in [6.45, 7) is 12.2. The Kier molecular flexibility index (Phi) is 12.5. The zero-order valence-corrected chi connectivity index (χ0v) is 37.1. The molecule has 0 aliphatic carbocycles. The normalized spacial score (nSPS) is 18.5. The first-order valence-electron chi connectivity index (χ1n) is 22.2. The average molecular weight is 908 g/mol. The van der Waals surface area contributed by atoms with E-state index in [9.17, 15) is 19.2 Å². The predicted molar refractivity (Wildman–Crippen MR) is 237 cm³/mol. The Morgan fingerprint density at radius 1 is 0.879 bits per heavy atom.